The first kappa shape index (κ1) is 79.7. The molecule has 7 heterocycles. The van der Waals surface area contributed by atoms with Gasteiger partial charge in [-0.05, 0) is 165 Å². The second kappa shape index (κ2) is 35.8. The van der Waals surface area contributed by atoms with Gasteiger partial charge in [-0.1, -0.05) is 79.8 Å². The largest absolute Gasteiger partial charge is 0.508 e. The van der Waals surface area contributed by atoms with Crippen LogP contribution < -0.4 is 38.5 Å². The predicted molar refractivity (Wildman–Crippen MR) is 435 cm³/mol. The fourth-order valence-corrected chi connectivity index (χ4v) is 18.1. The van der Waals surface area contributed by atoms with E-state index >= 15 is 0 Å². The van der Waals surface area contributed by atoms with E-state index in [1.165, 1.54) is 65.8 Å². The van der Waals surface area contributed by atoms with Crippen molar-refractivity contribution in [3.8, 4) is 11.5 Å². The summed E-state index contributed by atoms with van der Waals surface area (Å²) in [7, 11) is -11.3. The summed E-state index contributed by atoms with van der Waals surface area (Å²) < 4.78 is 89.0. The number of aryl methyl sites for hydroxylation is 1. The van der Waals surface area contributed by atoms with Gasteiger partial charge in [-0.2, -0.15) is 0 Å². The summed E-state index contributed by atoms with van der Waals surface area (Å²) in [6.45, 7) is 13.8. The number of nitrogens with one attached hydrogen (secondary N) is 3. The maximum absolute atomic E-state index is 13.8. The number of hydrogen-bond donors (Lipinski definition) is 4. The Labute approximate surface area is 660 Å². The van der Waals surface area contributed by atoms with Crippen molar-refractivity contribution in [2.45, 2.75) is 80.2 Å². The lowest BCUT2D eigenvalue weighted by Crippen LogP contribution is -2.59. The number of carbonyl (C=O) groups is 4. The van der Waals surface area contributed by atoms with Crippen molar-refractivity contribution < 1.29 is 62.8 Å². The van der Waals surface area contributed by atoms with Crippen molar-refractivity contribution in [2.75, 3.05) is 112 Å². The number of fused-ring (bicyclic) bond motifs is 1. The van der Waals surface area contributed by atoms with Gasteiger partial charge in [-0.25, -0.2) is 45.2 Å². The summed E-state index contributed by atoms with van der Waals surface area (Å²) >= 11 is 20.8. The second-order valence-corrected chi connectivity index (χ2v) is 34.1. The minimum Gasteiger partial charge on any atom is -0.508 e. The molecule has 0 aliphatic carbocycles. The second-order valence-electron chi connectivity index (χ2n) is 26.1. The fraction of sp³-hybridized carbons (Fsp3) is 0.324. The zero-order valence-corrected chi connectivity index (χ0v) is 65.7. The van der Waals surface area contributed by atoms with Crippen LogP contribution in [0.25, 0.3) is 0 Å². The van der Waals surface area contributed by atoms with Crippen molar-refractivity contribution in [3.05, 3.63) is 201 Å². The lowest BCUT2D eigenvalue weighted by molar-refractivity contribution is -0.138. The quantitative estimate of drug-likeness (QED) is 0.0490. The summed E-state index contributed by atoms with van der Waals surface area (Å²) in [5.74, 6) is 0.400. The minimum atomic E-state index is -3.79. The Kier molecular flexibility index (Phi) is 26.4. The topological polar surface area (TPSA) is 310 Å². The highest BCUT2D eigenvalue weighted by atomic mass is 35.5. The number of carbonyl (C=O) groups excluding carboxylic acids is 4. The molecule has 4 amide bonds. The number of rotatable bonds is 22. The molecule has 4 aliphatic heterocycles. The molecule has 582 valence electrons. The molecule has 9 aromatic rings. The van der Waals surface area contributed by atoms with Gasteiger partial charge in [0.15, 0.2) is 16.4 Å². The number of anilines is 7. The standard InChI is InChI=1S/C27H30ClN5O4S2.C25H29N5O4S.C22H22Cl2N4O4S2.6H2/c1-18(2)25(33-12-3-4-19-16-20(28)5-10-23(19)33)26(35)31-13-14-32(24(34)17-31)21-6-8-22(9-7-21)39(36,37)30-27-29-11-15-38-27;1-2-20(16-19-4-3-5-22(31)17-19)25(32)30-14-12-29(13-15-30)21-6-8-23(9-7-21)35(33,34)28-24-10-11-26-18-27-24;1-15(32-19-7-3-6-18(23)20(19)24)21(29)28-11-9-27(10-12-28)16-4-2-5-17(14-16)34(30,31)26-22-25-8-13-33-22;;;;;;/h5-11,15-16,18,25H,3-4,12-14,17H2,1-2H3,(H,29,30);3-11,17-18,20,31H,2,12-16H2,1H3,(H,26,27,28);2-8,13-15H,9-12H2,1H3,(H,25,26);6*1H/t25-;;15-;;;;;;/m0.0....../s1. The maximum Gasteiger partial charge on any atom is 0.263 e. The smallest absolute Gasteiger partial charge is 0.263 e. The average Bonchev–Trinajstić information content (AvgIpc) is 0.901. The Balaban J connectivity index is 0.000000298. The number of hydrogen-bond acceptors (Lipinski definition) is 21. The van der Waals surface area contributed by atoms with E-state index in [0.717, 1.165) is 54.0 Å². The van der Waals surface area contributed by atoms with E-state index < -0.39 is 36.2 Å². The zero-order chi connectivity index (χ0) is 76.9. The molecule has 34 heteroatoms. The Hall–Kier alpha value is -9.34. The number of halogens is 3. The maximum atomic E-state index is 13.8. The van der Waals surface area contributed by atoms with Crippen LogP contribution in [0.15, 0.2) is 190 Å². The van der Waals surface area contributed by atoms with Crippen LogP contribution in [0.5, 0.6) is 11.5 Å². The number of nitrogens with zero attached hydrogens (tertiary/aromatic N) is 11. The first-order valence-corrected chi connectivity index (χ1v) is 42.1. The monoisotopic (exact) mass is 1630 g/mol. The highest BCUT2D eigenvalue weighted by Crippen LogP contribution is 2.36. The van der Waals surface area contributed by atoms with Crippen LogP contribution in [0.3, 0.4) is 0 Å². The van der Waals surface area contributed by atoms with Crippen molar-refractivity contribution in [1.82, 2.24) is 34.6 Å². The number of phenolic OH excluding ortho intramolecular Hbond substituents is 1. The molecule has 4 N–H and O–H groups in total. The van der Waals surface area contributed by atoms with Gasteiger partial charge in [0, 0.05) is 144 Å². The van der Waals surface area contributed by atoms with Gasteiger partial charge >= 0.3 is 0 Å². The third-order valence-electron chi connectivity index (χ3n) is 18.5. The van der Waals surface area contributed by atoms with Crippen LogP contribution in [0.1, 0.15) is 60.2 Å². The Morgan fingerprint density at radius 1 is 0.593 bits per heavy atom. The van der Waals surface area contributed by atoms with E-state index in [4.69, 9.17) is 39.5 Å². The van der Waals surface area contributed by atoms with Crippen molar-refractivity contribution >= 4 is 150 Å². The van der Waals surface area contributed by atoms with Gasteiger partial charge in [-0.15, -0.1) is 22.7 Å². The van der Waals surface area contributed by atoms with Gasteiger partial charge in [0.2, 0.25) is 17.7 Å². The van der Waals surface area contributed by atoms with Gasteiger partial charge in [0.1, 0.15) is 41.3 Å². The molecular formula is C74H93Cl3N14O12S5. The summed E-state index contributed by atoms with van der Waals surface area (Å²) in [5.41, 5.74) is 5.38. The third kappa shape index (κ3) is 20.1. The average molecular weight is 1640 g/mol. The van der Waals surface area contributed by atoms with Crippen molar-refractivity contribution in [2.24, 2.45) is 11.8 Å². The minimum absolute atomic E-state index is 0. The molecule has 1 unspecified atom stereocenters. The number of aromatic nitrogens is 4. The molecule has 3 aromatic heterocycles. The highest BCUT2D eigenvalue weighted by molar-refractivity contribution is 7.93. The lowest BCUT2D eigenvalue weighted by Gasteiger charge is -2.43. The van der Waals surface area contributed by atoms with Crippen LogP contribution in [0.4, 0.5) is 38.8 Å². The number of thiazole rings is 2. The molecule has 6 aromatic carbocycles. The molecule has 108 heavy (non-hydrogen) atoms. The molecule has 3 fully saturated rings. The summed E-state index contributed by atoms with van der Waals surface area (Å²) in [5, 5.41) is 15.0. The third-order valence-corrected chi connectivity index (χ3v) is 25.3. The molecule has 0 bridgehead atoms. The number of sulfonamides is 3. The Bertz CT molecular complexity index is 4990. The van der Waals surface area contributed by atoms with Crippen LogP contribution >= 0.6 is 57.5 Å². The fourth-order valence-electron chi connectivity index (χ4n) is 13.0. The Morgan fingerprint density at radius 3 is 1.78 bits per heavy atom. The number of benzene rings is 6. The van der Waals surface area contributed by atoms with E-state index in [1.807, 2.05) is 60.9 Å². The summed E-state index contributed by atoms with van der Waals surface area (Å²) in [4.78, 5) is 82.2. The van der Waals surface area contributed by atoms with E-state index in [9.17, 15) is 49.5 Å². The van der Waals surface area contributed by atoms with Crippen molar-refractivity contribution in [3.63, 3.8) is 0 Å². The lowest BCUT2D eigenvalue weighted by atomic mass is 9.94. The van der Waals surface area contributed by atoms with E-state index in [2.05, 4.69) is 43.9 Å². The molecular weight excluding hydrogens is 1540 g/mol. The number of amides is 4. The molecule has 0 spiro atoms. The van der Waals surface area contributed by atoms with E-state index in [1.54, 1.807) is 123 Å². The van der Waals surface area contributed by atoms with Crippen LogP contribution in [0.2, 0.25) is 15.1 Å². The summed E-state index contributed by atoms with van der Waals surface area (Å²) in [6, 6.07) is 38.6. The predicted octanol–water partition coefficient (Wildman–Crippen LogP) is 13.0. The molecule has 26 nitrogen and oxygen atoms in total. The molecule has 4 aliphatic rings. The van der Waals surface area contributed by atoms with Crippen LogP contribution in [-0.2, 0) is 62.1 Å². The number of ether oxygens (including phenoxy) is 1. The van der Waals surface area contributed by atoms with Crippen molar-refractivity contribution in [1.29, 1.82) is 0 Å². The molecule has 0 saturated carbocycles. The normalized spacial score (nSPS) is 15.7. The van der Waals surface area contributed by atoms with E-state index in [-0.39, 0.29) is 93.0 Å². The first-order valence-electron chi connectivity index (χ1n) is 34.8. The molecule has 13 rings (SSSR count). The van der Waals surface area contributed by atoms with E-state index in [0.29, 0.717) is 98.5 Å². The van der Waals surface area contributed by atoms with Gasteiger partial charge in [-0.3, -0.25) is 33.3 Å². The Morgan fingerprint density at radius 2 is 1.19 bits per heavy atom. The molecule has 3 atom stereocenters. The van der Waals surface area contributed by atoms with Gasteiger partial charge < -0.3 is 44.1 Å². The number of aromatic hydroxyl groups is 1. The van der Waals surface area contributed by atoms with Crippen LogP contribution in [-0.4, -0.2) is 179 Å². The molecule has 3 saturated heterocycles. The van der Waals surface area contributed by atoms with Gasteiger partial charge in [0.25, 0.3) is 36.0 Å². The molecule has 0 radical (unpaired) electrons. The SMILES string of the molecule is CC(C)[C@@H](C(=O)N1CCN(c2ccc(S(=O)(=O)Nc3nccs3)cc2)C(=O)C1)N1CCCc2cc(Cl)ccc21.CCC(Cc1cccc(O)c1)C(=O)N1CCN(c2ccc(S(=O)(=O)Nc3ccncn3)cc2)CC1.C[C@H](Oc1cccc(Cl)c1Cl)C(=O)N1CCN(c2cccc(S(=O)(=O)Nc3nccs3)c2)CC1.[HH].[HH].[HH].[HH].[HH].[HH]. The number of piperazine rings is 3. The highest BCUT2D eigenvalue weighted by Gasteiger charge is 2.39. The zero-order valence-electron chi connectivity index (χ0n) is 59.4. The van der Waals surface area contributed by atoms with Gasteiger partial charge in [0.05, 0.1) is 19.7 Å². The summed E-state index contributed by atoms with van der Waals surface area (Å²) in [6.07, 6.45) is 8.26. The first-order chi connectivity index (χ1) is 51.7. The number of phenols is 1. The van der Waals surface area contributed by atoms with Crippen LogP contribution in [0, 0.1) is 11.8 Å².